The number of fused-ring (bicyclic) bond motifs is 1. The molecule has 7 heteroatoms. The predicted octanol–water partition coefficient (Wildman–Crippen LogP) is 3.80. The molecule has 1 saturated heterocycles. The van der Waals surface area contributed by atoms with E-state index in [1.807, 2.05) is 30.3 Å². The van der Waals surface area contributed by atoms with Crippen molar-refractivity contribution in [1.29, 1.82) is 0 Å². The fraction of sp³-hybridized carbons (Fsp3) is 0.263. The highest BCUT2D eigenvalue weighted by molar-refractivity contribution is 5.78. The molecule has 2 aromatic carbocycles. The molecule has 1 aliphatic rings. The fourth-order valence-electron chi connectivity index (χ4n) is 3.12. The van der Waals surface area contributed by atoms with Gasteiger partial charge >= 0.3 is 0 Å². The minimum Gasteiger partial charge on any atom is -0.377 e. The third kappa shape index (κ3) is 3.34. The number of nitro benzene ring substituents is 1. The van der Waals surface area contributed by atoms with Crippen molar-refractivity contribution in [3.05, 3.63) is 58.8 Å². The third-order valence-corrected chi connectivity index (χ3v) is 4.48. The molecular weight excluding hydrogens is 332 g/mol. The smallest absolute Gasteiger partial charge is 0.292 e. The summed E-state index contributed by atoms with van der Waals surface area (Å²) in [5.74, 6) is 0. The number of anilines is 1. The van der Waals surface area contributed by atoms with Crippen LogP contribution < -0.4 is 5.32 Å². The normalized spacial score (nSPS) is 16.7. The Hall–Kier alpha value is -3.06. The van der Waals surface area contributed by atoms with E-state index in [-0.39, 0.29) is 16.7 Å². The van der Waals surface area contributed by atoms with Crippen LogP contribution in [0.15, 0.2) is 48.7 Å². The van der Waals surface area contributed by atoms with E-state index in [0.29, 0.717) is 23.5 Å². The Bertz CT molecular complexity index is 954. The molecule has 2 heterocycles. The predicted molar refractivity (Wildman–Crippen MR) is 99.1 cm³/mol. The molecule has 1 fully saturated rings. The number of benzene rings is 2. The van der Waals surface area contributed by atoms with Crippen molar-refractivity contribution >= 4 is 22.4 Å². The molecule has 0 bridgehead atoms. The topological polar surface area (TPSA) is 90.2 Å². The second-order valence-electron chi connectivity index (χ2n) is 6.25. The molecule has 0 aliphatic carbocycles. The minimum absolute atomic E-state index is 0.0236. The van der Waals surface area contributed by atoms with E-state index >= 15 is 0 Å². The van der Waals surface area contributed by atoms with Gasteiger partial charge in [0.1, 0.15) is 5.69 Å². The molecule has 1 aromatic heterocycles. The first-order valence-corrected chi connectivity index (χ1v) is 8.57. The van der Waals surface area contributed by atoms with Crippen molar-refractivity contribution in [3.8, 4) is 11.3 Å². The number of hydrogen-bond donors (Lipinski definition) is 1. The summed E-state index contributed by atoms with van der Waals surface area (Å²) < 4.78 is 5.56. The maximum Gasteiger partial charge on any atom is 0.292 e. The first kappa shape index (κ1) is 16.4. The number of rotatable bonds is 5. The molecule has 26 heavy (non-hydrogen) atoms. The van der Waals surface area contributed by atoms with Crippen molar-refractivity contribution in [3.63, 3.8) is 0 Å². The van der Waals surface area contributed by atoms with Crippen LogP contribution in [0.25, 0.3) is 22.3 Å². The first-order chi connectivity index (χ1) is 12.7. The molecule has 0 saturated carbocycles. The van der Waals surface area contributed by atoms with E-state index in [4.69, 9.17) is 4.74 Å². The number of aromatic nitrogens is 2. The fourth-order valence-corrected chi connectivity index (χ4v) is 3.12. The lowest BCUT2D eigenvalue weighted by Gasteiger charge is -2.12. The van der Waals surface area contributed by atoms with Crippen molar-refractivity contribution in [1.82, 2.24) is 9.97 Å². The molecule has 1 atom stereocenters. The van der Waals surface area contributed by atoms with Gasteiger partial charge in [-0.3, -0.25) is 15.1 Å². The zero-order valence-corrected chi connectivity index (χ0v) is 14.1. The Balaban J connectivity index is 1.63. The minimum atomic E-state index is -0.379. The number of ether oxygens (including phenoxy) is 1. The van der Waals surface area contributed by atoms with Crippen LogP contribution in [-0.4, -0.2) is 34.1 Å². The second-order valence-corrected chi connectivity index (χ2v) is 6.25. The van der Waals surface area contributed by atoms with Crippen molar-refractivity contribution < 1.29 is 9.66 Å². The van der Waals surface area contributed by atoms with Gasteiger partial charge in [0.25, 0.3) is 5.69 Å². The quantitative estimate of drug-likeness (QED) is 0.556. The highest BCUT2D eigenvalue weighted by Gasteiger charge is 2.19. The summed E-state index contributed by atoms with van der Waals surface area (Å²) in [7, 11) is 0. The molecule has 132 valence electrons. The van der Waals surface area contributed by atoms with Crippen LogP contribution in [0, 0.1) is 10.1 Å². The molecule has 4 rings (SSSR count). The van der Waals surface area contributed by atoms with Gasteiger partial charge in [0.2, 0.25) is 0 Å². The molecule has 0 amide bonds. The first-order valence-electron chi connectivity index (χ1n) is 8.57. The Morgan fingerprint density at radius 3 is 2.85 bits per heavy atom. The van der Waals surface area contributed by atoms with Gasteiger partial charge in [-0.05, 0) is 31.0 Å². The van der Waals surface area contributed by atoms with Crippen molar-refractivity contribution in [2.75, 3.05) is 18.5 Å². The Labute approximate surface area is 150 Å². The van der Waals surface area contributed by atoms with Crippen LogP contribution in [0.2, 0.25) is 0 Å². The van der Waals surface area contributed by atoms with Crippen molar-refractivity contribution in [2.24, 2.45) is 0 Å². The van der Waals surface area contributed by atoms with Crippen molar-refractivity contribution in [2.45, 2.75) is 18.9 Å². The number of nitrogens with zero attached hydrogens (tertiary/aromatic N) is 3. The van der Waals surface area contributed by atoms with Gasteiger partial charge in [-0.2, -0.15) is 0 Å². The summed E-state index contributed by atoms with van der Waals surface area (Å²) in [6, 6.07) is 12.6. The molecule has 7 nitrogen and oxygen atoms in total. The summed E-state index contributed by atoms with van der Waals surface area (Å²) in [4.78, 5) is 20.1. The standard InChI is InChI=1S/C19H18N4O3/c24-23(25)19-10-13(7-8-17(19)20-11-14-4-3-9-26-14)18-12-21-15-5-1-2-6-16(15)22-18/h1-2,5-8,10,12,14,20H,3-4,9,11H2/t14-/m1/s1. The lowest BCUT2D eigenvalue weighted by molar-refractivity contribution is -0.383. The lowest BCUT2D eigenvalue weighted by atomic mass is 10.1. The van der Waals surface area contributed by atoms with E-state index < -0.39 is 0 Å². The zero-order chi connectivity index (χ0) is 17.9. The number of hydrogen-bond acceptors (Lipinski definition) is 6. The van der Waals surface area contributed by atoms with Crippen LogP contribution in [-0.2, 0) is 4.74 Å². The Morgan fingerprint density at radius 2 is 2.08 bits per heavy atom. The molecule has 0 radical (unpaired) electrons. The Morgan fingerprint density at radius 1 is 1.23 bits per heavy atom. The maximum absolute atomic E-state index is 11.5. The molecule has 1 N–H and O–H groups in total. The average Bonchev–Trinajstić information content (AvgIpc) is 3.19. The summed E-state index contributed by atoms with van der Waals surface area (Å²) in [6.45, 7) is 1.32. The third-order valence-electron chi connectivity index (χ3n) is 4.48. The number of nitro groups is 1. The molecule has 0 unspecified atom stereocenters. The van der Waals surface area contributed by atoms with Gasteiger partial charge in [-0.1, -0.05) is 18.2 Å². The van der Waals surface area contributed by atoms with Crippen LogP contribution in [0.4, 0.5) is 11.4 Å². The monoisotopic (exact) mass is 350 g/mol. The number of nitrogens with one attached hydrogen (secondary N) is 1. The highest BCUT2D eigenvalue weighted by Crippen LogP contribution is 2.30. The molecular formula is C19H18N4O3. The largest absolute Gasteiger partial charge is 0.377 e. The van der Waals surface area contributed by atoms with Gasteiger partial charge in [0, 0.05) is 24.8 Å². The average molecular weight is 350 g/mol. The van der Waals surface area contributed by atoms with E-state index in [1.165, 1.54) is 6.07 Å². The van der Waals surface area contributed by atoms with Crippen LogP contribution in [0.3, 0.4) is 0 Å². The van der Waals surface area contributed by atoms with Gasteiger partial charge in [-0.25, -0.2) is 4.98 Å². The summed E-state index contributed by atoms with van der Waals surface area (Å²) >= 11 is 0. The lowest BCUT2D eigenvalue weighted by Crippen LogP contribution is -2.18. The van der Waals surface area contributed by atoms with Crippen LogP contribution >= 0.6 is 0 Å². The van der Waals surface area contributed by atoms with Crippen LogP contribution in [0.5, 0.6) is 0 Å². The van der Waals surface area contributed by atoms with E-state index in [2.05, 4.69) is 15.3 Å². The number of para-hydroxylation sites is 2. The molecule has 1 aliphatic heterocycles. The second kappa shape index (κ2) is 7.05. The molecule has 0 spiro atoms. The van der Waals surface area contributed by atoms with E-state index in [0.717, 1.165) is 30.5 Å². The zero-order valence-electron chi connectivity index (χ0n) is 14.1. The van der Waals surface area contributed by atoms with E-state index in [1.54, 1.807) is 12.3 Å². The van der Waals surface area contributed by atoms with E-state index in [9.17, 15) is 10.1 Å². The Kier molecular flexibility index (Phi) is 4.45. The SMILES string of the molecule is O=[N+]([O-])c1cc(-c2cnc3ccccc3n2)ccc1NC[C@H]1CCCO1. The summed E-state index contributed by atoms with van der Waals surface area (Å²) in [5.41, 5.74) is 3.34. The highest BCUT2D eigenvalue weighted by atomic mass is 16.6. The summed E-state index contributed by atoms with van der Waals surface area (Å²) in [6.07, 6.45) is 3.76. The van der Waals surface area contributed by atoms with Gasteiger partial charge in [0.05, 0.1) is 34.0 Å². The van der Waals surface area contributed by atoms with Crippen LogP contribution in [0.1, 0.15) is 12.8 Å². The van der Waals surface area contributed by atoms with Gasteiger partial charge in [0.15, 0.2) is 0 Å². The van der Waals surface area contributed by atoms with Gasteiger partial charge in [-0.15, -0.1) is 0 Å². The maximum atomic E-state index is 11.5. The summed E-state index contributed by atoms with van der Waals surface area (Å²) in [5, 5.41) is 14.7. The van der Waals surface area contributed by atoms with Gasteiger partial charge < -0.3 is 10.1 Å². The molecule has 3 aromatic rings.